The van der Waals surface area contributed by atoms with Crippen molar-refractivity contribution in [1.82, 2.24) is 0 Å². The molecule has 0 aromatic heterocycles. The second-order valence-corrected chi connectivity index (χ2v) is 5.08. The third-order valence-electron chi connectivity index (χ3n) is 3.34. The van der Waals surface area contributed by atoms with Crippen LogP contribution in [0.2, 0.25) is 5.02 Å². The van der Waals surface area contributed by atoms with Gasteiger partial charge in [-0.05, 0) is 29.8 Å². The lowest BCUT2D eigenvalue weighted by Crippen LogP contribution is -2.29. The number of amides is 1. The van der Waals surface area contributed by atoms with E-state index in [-0.39, 0.29) is 6.54 Å². The first-order chi connectivity index (χ1) is 10.1. The number of benzene rings is 2. The zero-order valence-electron chi connectivity index (χ0n) is 10.8. The monoisotopic (exact) mass is 296 g/mol. The van der Waals surface area contributed by atoms with Crippen LogP contribution in [0, 0.1) is 11.3 Å². The van der Waals surface area contributed by atoms with Gasteiger partial charge in [-0.1, -0.05) is 29.8 Å². The summed E-state index contributed by atoms with van der Waals surface area (Å²) in [6.45, 7) is 0.205. The topological polar surface area (TPSA) is 61.2 Å². The number of rotatable bonds is 2. The molecule has 0 bridgehead atoms. The molecule has 0 N–H and O–H groups in total. The Hall–Kier alpha value is -2.64. The number of nitrogens with zero attached hydrogens (tertiary/aromatic N) is 2. The molecule has 3 rings (SSSR count). The fourth-order valence-corrected chi connectivity index (χ4v) is 2.66. The third-order valence-corrected chi connectivity index (χ3v) is 3.64. The number of hydrogen-bond acceptors (Lipinski definition) is 3. The lowest BCUT2D eigenvalue weighted by molar-refractivity contribution is -0.114. The lowest BCUT2D eigenvalue weighted by atomic mass is 10.1. The van der Waals surface area contributed by atoms with Gasteiger partial charge in [0.15, 0.2) is 0 Å². The Morgan fingerprint density at radius 2 is 1.90 bits per heavy atom. The van der Waals surface area contributed by atoms with Crippen molar-refractivity contribution in [3.8, 4) is 6.07 Å². The van der Waals surface area contributed by atoms with E-state index < -0.39 is 11.7 Å². The van der Waals surface area contributed by atoms with Gasteiger partial charge in [-0.25, -0.2) is 0 Å². The summed E-state index contributed by atoms with van der Waals surface area (Å²) < 4.78 is 0. The molecule has 0 atom stereocenters. The molecule has 2 aromatic carbocycles. The molecule has 0 spiro atoms. The van der Waals surface area contributed by atoms with Crippen molar-refractivity contribution in [1.29, 1.82) is 5.26 Å². The number of Topliss-reactive ketones (excluding diaryl/α,β-unsaturated/α-hetero) is 1. The van der Waals surface area contributed by atoms with Crippen molar-refractivity contribution < 1.29 is 9.59 Å². The van der Waals surface area contributed by atoms with Crippen molar-refractivity contribution in [3.05, 3.63) is 64.2 Å². The Labute approximate surface area is 126 Å². The van der Waals surface area contributed by atoms with E-state index in [1.807, 2.05) is 6.07 Å². The van der Waals surface area contributed by atoms with Crippen molar-refractivity contribution in [2.75, 3.05) is 4.90 Å². The van der Waals surface area contributed by atoms with Crippen LogP contribution in [-0.2, 0) is 11.3 Å². The maximum absolute atomic E-state index is 12.1. The van der Waals surface area contributed by atoms with E-state index in [1.165, 1.54) is 4.90 Å². The van der Waals surface area contributed by atoms with E-state index in [0.29, 0.717) is 21.8 Å². The first-order valence-corrected chi connectivity index (χ1v) is 6.63. The highest BCUT2D eigenvalue weighted by Gasteiger charge is 2.37. The Morgan fingerprint density at radius 1 is 1.14 bits per heavy atom. The number of carbonyl (C=O) groups is 2. The van der Waals surface area contributed by atoms with E-state index in [2.05, 4.69) is 0 Å². The van der Waals surface area contributed by atoms with Gasteiger partial charge >= 0.3 is 0 Å². The normalized spacial score (nSPS) is 13.2. The van der Waals surface area contributed by atoms with Crippen molar-refractivity contribution in [2.24, 2.45) is 0 Å². The molecule has 1 amide bonds. The Balaban J connectivity index is 2.02. The molecule has 1 aliphatic rings. The maximum atomic E-state index is 12.1. The van der Waals surface area contributed by atoms with Crippen LogP contribution in [0.1, 0.15) is 21.5 Å². The number of anilines is 1. The summed E-state index contributed by atoms with van der Waals surface area (Å²) in [6.07, 6.45) is 0. The average Bonchev–Trinajstić information content (AvgIpc) is 2.74. The molecule has 0 aliphatic carbocycles. The van der Waals surface area contributed by atoms with E-state index in [1.54, 1.807) is 42.5 Å². The number of ketones is 1. The minimum atomic E-state index is -0.597. The summed E-state index contributed by atoms with van der Waals surface area (Å²) in [5.41, 5.74) is 2.04. The van der Waals surface area contributed by atoms with Crippen LogP contribution in [0.4, 0.5) is 5.69 Å². The van der Waals surface area contributed by atoms with Crippen LogP contribution in [0.3, 0.4) is 0 Å². The number of carbonyl (C=O) groups excluding carboxylic acids is 2. The quantitative estimate of drug-likeness (QED) is 0.801. The molecular formula is C16H9ClN2O2. The van der Waals surface area contributed by atoms with Crippen molar-refractivity contribution >= 4 is 29.0 Å². The number of halogens is 1. The molecular weight excluding hydrogens is 288 g/mol. The maximum Gasteiger partial charge on any atom is 0.299 e. The van der Waals surface area contributed by atoms with Gasteiger partial charge in [0.25, 0.3) is 11.7 Å². The highest BCUT2D eigenvalue weighted by Crippen LogP contribution is 2.36. The molecule has 0 saturated carbocycles. The second-order valence-electron chi connectivity index (χ2n) is 4.67. The number of nitriles is 1. The minimum absolute atomic E-state index is 0.205. The number of fused-ring (bicyclic) bond motifs is 1. The van der Waals surface area contributed by atoms with Gasteiger partial charge in [0.05, 0.1) is 34.5 Å². The smallest absolute Gasteiger partial charge is 0.299 e. The lowest BCUT2D eigenvalue weighted by Gasteiger charge is -2.17. The molecule has 0 saturated heterocycles. The van der Waals surface area contributed by atoms with Gasteiger partial charge in [0.2, 0.25) is 0 Å². The molecule has 0 radical (unpaired) electrons. The first-order valence-electron chi connectivity index (χ1n) is 6.25. The predicted octanol–water partition coefficient (Wildman–Crippen LogP) is 2.94. The summed E-state index contributed by atoms with van der Waals surface area (Å²) in [6, 6.07) is 13.8. The molecule has 21 heavy (non-hydrogen) atoms. The molecule has 0 fully saturated rings. The van der Waals surface area contributed by atoms with Crippen molar-refractivity contribution in [2.45, 2.75) is 6.54 Å². The van der Waals surface area contributed by atoms with Gasteiger partial charge < -0.3 is 0 Å². The van der Waals surface area contributed by atoms with Gasteiger partial charge in [-0.3, -0.25) is 14.5 Å². The third kappa shape index (κ3) is 2.18. The van der Waals surface area contributed by atoms with Gasteiger partial charge in [0, 0.05) is 0 Å². The molecule has 102 valence electrons. The summed E-state index contributed by atoms with van der Waals surface area (Å²) in [5, 5.41) is 9.28. The second kappa shape index (κ2) is 5.04. The molecule has 1 heterocycles. The van der Waals surface area contributed by atoms with E-state index in [0.717, 1.165) is 5.56 Å². The van der Waals surface area contributed by atoms with Crippen LogP contribution in [-0.4, -0.2) is 11.7 Å². The van der Waals surface area contributed by atoms with Gasteiger partial charge in [-0.15, -0.1) is 0 Å². The zero-order chi connectivity index (χ0) is 15.0. The number of hydrogen-bond donors (Lipinski definition) is 0. The Morgan fingerprint density at radius 3 is 2.67 bits per heavy atom. The van der Waals surface area contributed by atoms with Gasteiger partial charge in [0.1, 0.15) is 0 Å². The molecule has 0 unspecified atom stereocenters. The molecule has 2 aromatic rings. The molecule has 1 aliphatic heterocycles. The van der Waals surface area contributed by atoms with Crippen molar-refractivity contribution in [3.63, 3.8) is 0 Å². The minimum Gasteiger partial charge on any atom is -0.299 e. The standard InChI is InChI=1S/C16H9ClN2O2/c17-13-6-2-5-12-14(13)19(16(21)15(12)20)9-11-4-1-3-10(7-11)8-18/h1-7H,9H2. The van der Waals surface area contributed by atoms with Crippen LogP contribution in [0.5, 0.6) is 0 Å². The average molecular weight is 297 g/mol. The number of para-hydroxylation sites is 1. The van der Waals surface area contributed by atoms with Crippen LogP contribution < -0.4 is 4.90 Å². The first kappa shape index (κ1) is 13.3. The highest BCUT2D eigenvalue weighted by molar-refractivity contribution is 6.54. The van der Waals surface area contributed by atoms with Gasteiger partial charge in [-0.2, -0.15) is 5.26 Å². The van der Waals surface area contributed by atoms with Crippen LogP contribution in [0.15, 0.2) is 42.5 Å². The fourth-order valence-electron chi connectivity index (χ4n) is 2.38. The fraction of sp³-hybridized carbons (Fsp3) is 0.0625. The van der Waals surface area contributed by atoms with E-state index in [4.69, 9.17) is 16.9 Å². The zero-order valence-corrected chi connectivity index (χ0v) is 11.6. The van der Waals surface area contributed by atoms with Crippen LogP contribution in [0.25, 0.3) is 0 Å². The molecule has 5 heteroatoms. The Bertz CT molecular complexity index is 808. The largest absolute Gasteiger partial charge is 0.299 e. The van der Waals surface area contributed by atoms with E-state index >= 15 is 0 Å². The van der Waals surface area contributed by atoms with E-state index in [9.17, 15) is 9.59 Å². The Kier molecular flexibility index (Phi) is 3.20. The molecule has 4 nitrogen and oxygen atoms in total. The van der Waals surface area contributed by atoms with Crippen LogP contribution >= 0.6 is 11.6 Å². The summed E-state index contributed by atoms with van der Waals surface area (Å²) >= 11 is 6.12. The predicted molar refractivity (Wildman–Crippen MR) is 78.1 cm³/mol. The summed E-state index contributed by atoms with van der Waals surface area (Å²) in [7, 11) is 0. The summed E-state index contributed by atoms with van der Waals surface area (Å²) in [5.74, 6) is -1.15. The highest BCUT2D eigenvalue weighted by atomic mass is 35.5. The summed E-state index contributed by atoms with van der Waals surface area (Å²) in [4.78, 5) is 25.5. The SMILES string of the molecule is N#Cc1cccc(CN2C(=O)C(=O)c3cccc(Cl)c32)c1.